The predicted molar refractivity (Wildman–Crippen MR) is 84.9 cm³/mol. The number of aromatic nitrogens is 2. The topological polar surface area (TPSA) is 49.6 Å². The molecule has 3 aromatic rings. The van der Waals surface area contributed by atoms with Crippen LogP contribution in [0.4, 0.5) is 0 Å². The fourth-order valence-electron chi connectivity index (χ4n) is 2.18. The van der Waals surface area contributed by atoms with Gasteiger partial charge in [-0.15, -0.1) is 11.3 Å². The maximum absolute atomic E-state index is 8.98. The number of hydrogen-bond acceptors (Lipinski definition) is 4. The maximum atomic E-state index is 8.98. The van der Waals surface area contributed by atoms with Crippen LogP contribution in [0.15, 0.2) is 48.0 Å². The summed E-state index contributed by atoms with van der Waals surface area (Å²) in [6.45, 7) is 2.12. The summed E-state index contributed by atoms with van der Waals surface area (Å²) < 4.78 is 0. The molecule has 21 heavy (non-hydrogen) atoms. The Morgan fingerprint density at radius 3 is 2.95 bits per heavy atom. The van der Waals surface area contributed by atoms with Gasteiger partial charge in [0.2, 0.25) is 0 Å². The van der Waals surface area contributed by atoms with E-state index in [0.29, 0.717) is 5.56 Å². The summed E-state index contributed by atoms with van der Waals surface area (Å²) in [4.78, 5) is 9.14. The maximum Gasteiger partial charge on any atom is 0.142 e. The summed E-state index contributed by atoms with van der Waals surface area (Å²) >= 11 is 1.58. The number of thiazole rings is 1. The number of pyridine rings is 1. The Kier molecular flexibility index (Phi) is 3.76. The van der Waals surface area contributed by atoms with Crippen molar-refractivity contribution in [2.45, 2.75) is 13.3 Å². The Morgan fingerprint density at radius 1 is 1.24 bits per heavy atom. The van der Waals surface area contributed by atoms with Gasteiger partial charge in [-0.1, -0.05) is 25.1 Å². The zero-order valence-electron chi connectivity index (χ0n) is 11.6. The van der Waals surface area contributed by atoms with Crippen molar-refractivity contribution in [2.24, 2.45) is 0 Å². The van der Waals surface area contributed by atoms with Crippen LogP contribution in [0.5, 0.6) is 0 Å². The largest absolute Gasteiger partial charge is 0.253 e. The summed E-state index contributed by atoms with van der Waals surface area (Å²) in [5.74, 6) is 0. The van der Waals surface area contributed by atoms with Gasteiger partial charge in [-0.05, 0) is 30.2 Å². The molecule has 0 unspecified atom stereocenters. The van der Waals surface area contributed by atoms with E-state index in [1.54, 1.807) is 23.6 Å². The van der Waals surface area contributed by atoms with E-state index in [4.69, 9.17) is 5.26 Å². The summed E-state index contributed by atoms with van der Waals surface area (Å²) in [7, 11) is 0. The van der Waals surface area contributed by atoms with Gasteiger partial charge in [0.25, 0.3) is 0 Å². The second-order valence-corrected chi connectivity index (χ2v) is 5.45. The molecule has 4 heteroatoms. The Balaban J connectivity index is 2.02. The quantitative estimate of drug-likeness (QED) is 0.722. The lowest BCUT2D eigenvalue weighted by atomic mass is 10.1. The highest BCUT2D eigenvalue weighted by Gasteiger charge is 2.11. The van der Waals surface area contributed by atoms with Crippen LogP contribution >= 0.6 is 11.3 Å². The minimum absolute atomic E-state index is 0.647. The minimum Gasteiger partial charge on any atom is -0.253 e. The lowest BCUT2D eigenvalue weighted by Gasteiger charge is -2.02. The van der Waals surface area contributed by atoms with E-state index in [2.05, 4.69) is 29.0 Å². The van der Waals surface area contributed by atoms with E-state index in [-0.39, 0.29) is 0 Å². The van der Waals surface area contributed by atoms with Crippen molar-refractivity contribution in [1.29, 1.82) is 5.26 Å². The van der Waals surface area contributed by atoms with E-state index < -0.39 is 0 Å². The lowest BCUT2D eigenvalue weighted by molar-refractivity contribution is 1.10. The first-order chi connectivity index (χ1) is 10.3. The van der Waals surface area contributed by atoms with Crippen molar-refractivity contribution < 1.29 is 0 Å². The highest BCUT2D eigenvalue weighted by molar-refractivity contribution is 7.13. The number of hydrogen-bond donors (Lipinski definition) is 0. The van der Waals surface area contributed by atoms with Crippen molar-refractivity contribution >= 4 is 11.3 Å². The summed E-state index contributed by atoms with van der Waals surface area (Å²) in [6.07, 6.45) is 2.73. The normalized spacial score (nSPS) is 10.3. The van der Waals surface area contributed by atoms with Crippen molar-refractivity contribution in [1.82, 2.24) is 9.97 Å². The second-order valence-electron chi connectivity index (χ2n) is 4.60. The fraction of sp³-hybridized carbons (Fsp3) is 0.118. The average Bonchev–Trinajstić information content (AvgIpc) is 3.04. The highest BCUT2D eigenvalue weighted by Crippen LogP contribution is 2.30. The zero-order valence-corrected chi connectivity index (χ0v) is 12.4. The molecule has 0 atom stereocenters. The van der Waals surface area contributed by atoms with Crippen molar-refractivity contribution in [3.05, 3.63) is 59.1 Å². The van der Waals surface area contributed by atoms with Crippen LogP contribution in [-0.2, 0) is 6.42 Å². The standard InChI is InChI=1S/C17H13N3S/c1-2-13-7-4-8-19-16(13)17-20-15(11-21-17)14-6-3-5-12(9-14)10-18/h3-9,11H,2H2,1H3. The minimum atomic E-state index is 0.647. The SMILES string of the molecule is CCc1cccnc1-c1nc(-c2cccc(C#N)c2)cs1. The first kappa shape index (κ1) is 13.5. The molecule has 0 aliphatic rings. The molecular weight excluding hydrogens is 278 g/mol. The molecule has 0 aliphatic heterocycles. The molecule has 2 heterocycles. The van der Waals surface area contributed by atoms with Gasteiger partial charge in [0, 0.05) is 17.1 Å². The molecule has 0 amide bonds. The molecule has 2 aromatic heterocycles. The molecule has 0 aliphatic carbocycles. The molecule has 0 radical (unpaired) electrons. The van der Waals surface area contributed by atoms with Gasteiger partial charge in [-0.25, -0.2) is 4.98 Å². The van der Waals surface area contributed by atoms with Crippen LogP contribution in [0.25, 0.3) is 22.0 Å². The van der Waals surface area contributed by atoms with Crippen molar-refractivity contribution in [3.63, 3.8) is 0 Å². The van der Waals surface area contributed by atoms with Crippen LogP contribution in [0.2, 0.25) is 0 Å². The van der Waals surface area contributed by atoms with Gasteiger partial charge in [0.1, 0.15) is 10.7 Å². The number of nitrogens with zero attached hydrogens (tertiary/aromatic N) is 3. The summed E-state index contributed by atoms with van der Waals surface area (Å²) in [5, 5.41) is 11.9. The smallest absolute Gasteiger partial charge is 0.142 e. The Bertz CT molecular complexity index is 815. The number of nitriles is 1. The first-order valence-corrected chi connectivity index (χ1v) is 7.60. The molecule has 0 bridgehead atoms. The van der Waals surface area contributed by atoms with Crippen LogP contribution in [-0.4, -0.2) is 9.97 Å². The van der Waals surface area contributed by atoms with E-state index in [1.165, 1.54) is 5.56 Å². The third-order valence-electron chi connectivity index (χ3n) is 3.27. The van der Waals surface area contributed by atoms with Crippen molar-refractivity contribution in [2.75, 3.05) is 0 Å². The van der Waals surface area contributed by atoms with Gasteiger partial charge in [0.15, 0.2) is 0 Å². The molecule has 1 aromatic carbocycles. The molecule has 0 fully saturated rings. The van der Waals surface area contributed by atoms with Gasteiger partial charge in [-0.2, -0.15) is 5.26 Å². The fourth-order valence-corrected chi connectivity index (χ4v) is 3.04. The average molecular weight is 291 g/mol. The Morgan fingerprint density at radius 2 is 2.14 bits per heavy atom. The summed E-state index contributed by atoms with van der Waals surface area (Å²) in [5.41, 5.74) is 4.65. The van der Waals surface area contributed by atoms with E-state index in [0.717, 1.165) is 28.4 Å². The predicted octanol–water partition coefficient (Wildman–Crippen LogP) is 4.31. The highest BCUT2D eigenvalue weighted by atomic mass is 32.1. The van der Waals surface area contributed by atoms with Gasteiger partial charge in [0.05, 0.1) is 17.3 Å². The lowest BCUT2D eigenvalue weighted by Crippen LogP contribution is -1.90. The van der Waals surface area contributed by atoms with E-state index in [9.17, 15) is 0 Å². The molecule has 0 N–H and O–H groups in total. The first-order valence-electron chi connectivity index (χ1n) is 6.72. The molecule has 102 valence electrons. The number of rotatable bonds is 3. The Labute approximate surface area is 127 Å². The zero-order chi connectivity index (χ0) is 14.7. The third-order valence-corrected chi connectivity index (χ3v) is 4.12. The molecular formula is C17H13N3S. The molecule has 3 rings (SSSR count). The van der Waals surface area contributed by atoms with E-state index >= 15 is 0 Å². The van der Waals surface area contributed by atoms with Gasteiger partial charge < -0.3 is 0 Å². The van der Waals surface area contributed by atoms with Crippen molar-refractivity contribution in [3.8, 4) is 28.0 Å². The Hall–Kier alpha value is -2.51. The monoisotopic (exact) mass is 291 g/mol. The van der Waals surface area contributed by atoms with Crippen LogP contribution < -0.4 is 0 Å². The van der Waals surface area contributed by atoms with E-state index in [1.807, 2.05) is 29.6 Å². The van der Waals surface area contributed by atoms with Gasteiger partial charge in [-0.3, -0.25) is 4.98 Å². The van der Waals surface area contributed by atoms with Crippen LogP contribution in [0.3, 0.4) is 0 Å². The molecule has 3 nitrogen and oxygen atoms in total. The van der Waals surface area contributed by atoms with Crippen LogP contribution in [0, 0.1) is 11.3 Å². The second kappa shape index (κ2) is 5.86. The third kappa shape index (κ3) is 2.69. The van der Waals surface area contributed by atoms with Crippen LogP contribution in [0.1, 0.15) is 18.1 Å². The molecule has 0 saturated carbocycles. The summed E-state index contributed by atoms with van der Waals surface area (Å²) in [6, 6.07) is 13.7. The number of benzene rings is 1. The molecule has 0 spiro atoms. The van der Waals surface area contributed by atoms with Gasteiger partial charge >= 0.3 is 0 Å². The molecule has 0 saturated heterocycles. The number of aryl methyl sites for hydroxylation is 1.